The number of urea groups is 1. The highest BCUT2D eigenvalue weighted by molar-refractivity contribution is 5.89. The van der Waals surface area contributed by atoms with Crippen LogP contribution >= 0.6 is 0 Å². The quantitative estimate of drug-likeness (QED) is 0.689. The number of fused-ring (bicyclic) bond motifs is 1. The minimum absolute atomic E-state index is 0.0928. The zero-order valence-corrected chi connectivity index (χ0v) is 13.2. The molecule has 1 unspecified atom stereocenters. The number of nitrogens with one attached hydrogen (secondary N) is 1. The molecule has 3 aromatic carbocycles. The molecular formula is C19H18N2O3. The molecule has 1 atom stereocenters. The van der Waals surface area contributed by atoms with Crippen LogP contribution in [0.2, 0.25) is 0 Å². The van der Waals surface area contributed by atoms with Crippen molar-refractivity contribution < 1.29 is 14.6 Å². The van der Waals surface area contributed by atoms with Gasteiger partial charge in [-0.25, -0.2) is 4.79 Å². The lowest BCUT2D eigenvalue weighted by Crippen LogP contribution is -2.34. The van der Waals surface area contributed by atoms with E-state index in [1.165, 1.54) is 0 Å². The second-order valence-electron chi connectivity index (χ2n) is 5.44. The van der Waals surface area contributed by atoms with Gasteiger partial charge >= 0.3 is 6.03 Å². The Labute approximate surface area is 139 Å². The maximum absolute atomic E-state index is 11.6. The van der Waals surface area contributed by atoms with Gasteiger partial charge in [0.05, 0.1) is 13.2 Å². The summed E-state index contributed by atoms with van der Waals surface area (Å²) in [5.74, 6) is 0.749. The van der Waals surface area contributed by atoms with Crippen LogP contribution < -0.4 is 15.8 Å². The molecule has 24 heavy (non-hydrogen) atoms. The zero-order chi connectivity index (χ0) is 17.1. The average Bonchev–Trinajstić information content (AvgIpc) is 2.60. The lowest BCUT2D eigenvalue weighted by molar-refractivity contribution is 0.246. The van der Waals surface area contributed by atoms with Gasteiger partial charge in [-0.2, -0.15) is 0 Å². The summed E-state index contributed by atoms with van der Waals surface area (Å²) in [6, 6.07) is 17.1. The summed E-state index contributed by atoms with van der Waals surface area (Å²) in [7, 11) is 1.57. The fraction of sp³-hybridized carbons (Fsp3) is 0.105. The average molecular weight is 322 g/mol. The smallest absolute Gasteiger partial charge is 0.312 e. The SMILES string of the molecule is COc1cccc(C(NC(N)=O)c2c(O)ccc3ccccc23)c1. The Morgan fingerprint density at radius 3 is 2.67 bits per heavy atom. The molecule has 0 fully saturated rings. The standard InChI is InChI=1S/C19H18N2O3/c1-24-14-7-4-6-13(11-14)18(21-19(20)23)17-15-8-3-2-5-12(15)9-10-16(17)22/h2-11,18,22H,1H3,(H3,20,21,23). The molecule has 5 nitrogen and oxygen atoms in total. The van der Waals surface area contributed by atoms with Gasteiger partial charge in [0.15, 0.2) is 0 Å². The minimum Gasteiger partial charge on any atom is -0.508 e. The molecule has 0 bridgehead atoms. The third-order valence-corrected chi connectivity index (χ3v) is 3.95. The Hall–Kier alpha value is -3.21. The zero-order valence-electron chi connectivity index (χ0n) is 13.2. The molecule has 0 saturated carbocycles. The van der Waals surface area contributed by atoms with Gasteiger partial charge in [-0.3, -0.25) is 0 Å². The van der Waals surface area contributed by atoms with Crippen LogP contribution in [-0.4, -0.2) is 18.2 Å². The number of hydrogen-bond acceptors (Lipinski definition) is 3. The summed E-state index contributed by atoms with van der Waals surface area (Å²) in [6.07, 6.45) is 0. The van der Waals surface area contributed by atoms with E-state index >= 15 is 0 Å². The van der Waals surface area contributed by atoms with Crippen molar-refractivity contribution in [2.24, 2.45) is 5.73 Å². The first-order chi connectivity index (χ1) is 11.6. The molecule has 0 radical (unpaired) electrons. The highest BCUT2D eigenvalue weighted by Crippen LogP contribution is 2.36. The van der Waals surface area contributed by atoms with Crippen molar-refractivity contribution in [1.29, 1.82) is 0 Å². The van der Waals surface area contributed by atoms with Crippen LogP contribution in [-0.2, 0) is 0 Å². The predicted molar refractivity (Wildman–Crippen MR) is 93.2 cm³/mol. The molecular weight excluding hydrogens is 304 g/mol. The number of hydrogen-bond donors (Lipinski definition) is 3. The maximum atomic E-state index is 11.6. The van der Waals surface area contributed by atoms with Crippen molar-refractivity contribution in [3.8, 4) is 11.5 Å². The molecule has 0 heterocycles. The van der Waals surface area contributed by atoms with E-state index < -0.39 is 12.1 Å². The summed E-state index contributed by atoms with van der Waals surface area (Å²) >= 11 is 0. The van der Waals surface area contributed by atoms with Crippen LogP contribution in [0.1, 0.15) is 17.2 Å². The number of carbonyl (C=O) groups excluding carboxylic acids is 1. The van der Waals surface area contributed by atoms with E-state index in [-0.39, 0.29) is 5.75 Å². The van der Waals surface area contributed by atoms with Crippen molar-refractivity contribution in [1.82, 2.24) is 5.32 Å². The minimum atomic E-state index is -0.671. The molecule has 3 rings (SSSR count). The lowest BCUT2D eigenvalue weighted by Gasteiger charge is -2.22. The van der Waals surface area contributed by atoms with Gasteiger partial charge in [-0.1, -0.05) is 42.5 Å². The Bertz CT molecular complexity index is 893. The van der Waals surface area contributed by atoms with Crippen LogP contribution in [0.3, 0.4) is 0 Å². The fourth-order valence-corrected chi connectivity index (χ4v) is 2.87. The van der Waals surface area contributed by atoms with E-state index in [2.05, 4.69) is 5.32 Å². The normalized spacial score (nSPS) is 11.9. The van der Waals surface area contributed by atoms with Crippen LogP contribution in [0.5, 0.6) is 11.5 Å². The summed E-state index contributed by atoms with van der Waals surface area (Å²) < 4.78 is 5.26. The number of benzene rings is 3. The molecule has 0 aliphatic heterocycles. The second-order valence-corrected chi connectivity index (χ2v) is 5.44. The van der Waals surface area contributed by atoms with Crippen molar-refractivity contribution in [3.63, 3.8) is 0 Å². The van der Waals surface area contributed by atoms with E-state index in [4.69, 9.17) is 10.5 Å². The van der Waals surface area contributed by atoms with Gasteiger partial charge in [0.1, 0.15) is 11.5 Å². The molecule has 122 valence electrons. The highest BCUT2D eigenvalue weighted by atomic mass is 16.5. The molecule has 0 spiro atoms. The van der Waals surface area contributed by atoms with E-state index in [1.807, 2.05) is 54.6 Å². The molecule has 0 saturated heterocycles. The Morgan fingerprint density at radius 1 is 1.12 bits per heavy atom. The maximum Gasteiger partial charge on any atom is 0.312 e. The molecule has 0 aliphatic carbocycles. The number of carbonyl (C=O) groups is 1. The van der Waals surface area contributed by atoms with Crippen molar-refractivity contribution in [2.45, 2.75) is 6.04 Å². The number of rotatable bonds is 4. The van der Waals surface area contributed by atoms with Crippen LogP contribution in [0.25, 0.3) is 10.8 Å². The number of primary amides is 1. The number of ether oxygens (including phenoxy) is 1. The highest BCUT2D eigenvalue weighted by Gasteiger charge is 2.22. The van der Waals surface area contributed by atoms with E-state index in [9.17, 15) is 9.90 Å². The van der Waals surface area contributed by atoms with Gasteiger partial charge in [0, 0.05) is 5.56 Å². The topological polar surface area (TPSA) is 84.6 Å². The van der Waals surface area contributed by atoms with Crippen molar-refractivity contribution in [2.75, 3.05) is 7.11 Å². The summed E-state index contributed by atoms with van der Waals surface area (Å²) in [4.78, 5) is 11.6. The number of nitrogens with two attached hydrogens (primary N) is 1. The first kappa shape index (κ1) is 15.7. The van der Waals surface area contributed by atoms with Crippen molar-refractivity contribution in [3.05, 3.63) is 71.8 Å². The number of phenols is 1. The molecule has 4 N–H and O–H groups in total. The van der Waals surface area contributed by atoms with E-state index in [1.54, 1.807) is 13.2 Å². The Balaban J connectivity index is 2.23. The summed E-state index contributed by atoms with van der Waals surface area (Å²) in [5.41, 5.74) is 6.73. The van der Waals surface area contributed by atoms with E-state index in [0.717, 1.165) is 16.3 Å². The van der Waals surface area contributed by atoms with Gasteiger partial charge in [-0.05, 0) is 34.5 Å². The predicted octanol–water partition coefficient (Wildman–Crippen LogP) is 3.31. The summed E-state index contributed by atoms with van der Waals surface area (Å²) in [6.45, 7) is 0. The largest absolute Gasteiger partial charge is 0.508 e. The molecule has 2 amide bonds. The molecule has 3 aromatic rings. The number of methoxy groups -OCH3 is 1. The second kappa shape index (κ2) is 6.50. The monoisotopic (exact) mass is 322 g/mol. The van der Waals surface area contributed by atoms with Crippen LogP contribution in [0.4, 0.5) is 4.79 Å². The number of amides is 2. The van der Waals surface area contributed by atoms with Crippen molar-refractivity contribution >= 4 is 16.8 Å². The lowest BCUT2D eigenvalue weighted by atomic mass is 9.92. The first-order valence-corrected chi connectivity index (χ1v) is 7.50. The first-order valence-electron chi connectivity index (χ1n) is 7.50. The third-order valence-electron chi connectivity index (χ3n) is 3.95. The van der Waals surface area contributed by atoms with Gasteiger partial charge in [-0.15, -0.1) is 0 Å². The van der Waals surface area contributed by atoms with E-state index in [0.29, 0.717) is 11.3 Å². The van der Waals surface area contributed by atoms with Gasteiger partial charge < -0.3 is 20.9 Å². The number of phenolic OH excluding ortho intramolecular Hbond substituents is 1. The van der Waals surface area contributed by atoms with Crippen LogP contribution in [0.15, 0.2) is 60.7 Å². The molecule has 0 aromatic heterocycles. The fourth-order valence-electron chi connectivity index (χ4n) is 2.87. The number of aromatic hydroxyl groups is 1. The molecule has 0 aliphatic rings. The Morgan fingerprint density at radius 2 is 1.92 bits per heavy atom. The van der Waals surface area contributed by atoms with Gasteiger partial charge in [0.2, 0.25) is 0 Å². The Kier molecular flexibility index (Phi) is 4.24. The van der Waals surface area contributed by atoms with Gasteiger partial charge in [0.25, 0.3) is 0 Å². The molecule has 5 heteroatoms. The summed E-state index contributed by atoms with van der Waals surface area (Å²) in [5, 5.41) is 15.0. The third kappa shape index (κ3) is 2.96. The van der Waals surface area contributed by atoms with Crippen LogP contribution in [0, 0.1) is 0 Å².